The van der Waals surface area contributed by atoms with E-state index in [1.807, 2.05) is 0 Å². The van der Waals surface area contributed by atoms with E-state index in [4.69, 9.17) is 0 Å². The molecular weight excluding hydrogens is 184 g/mol. The maximum Gasteiger partial charge on any atom is 0.00991 e. The number of nitrogens with zero attached hydrogens (tertiary/aromatic N) is 1. The van der Waals surface area contributed by atoms with Crippen LogP contribution >= 0.6 is 0 Å². The van der Waals surface area contributed by atoms with E-state index in [2.05, 4.69) is 44.8 Å². The Bertz CT molecular complexity index is 181. The highest BCUT2D eigenvalue weighted by atomic mass is 15.2. The zero-order valence-electron chi connectivity index (χ0n) is 11.1. The monoisotopic (exact) mass is 212 g/mol. The summed E-state index contributed by atoms with van der Waals surface area (Å²) in [5.74, 6) is 0. The first-order chi connectivity index (χ1) is 6.88. The lowest BCUT2D eigenvalue weighted by molar-refractivity contribution is 0.227. The zero-order valence-corrected chi connectivity index (χ0v) is 11.1. The van der Waals surface area contributed by atoms with Gasteiger partial charge in [0.25, 0.3) is 0 Å². The van der Waals surface area contributed by atoms with Crippen LogP contribution in [0.4, 0.5) is 0 Å². The number of nitrogens with one attached hydrogen (secondary N) is 1. The third-order valence-electron chi connectivity index (χ3n) is 3.13. The summed E-state index contributed by atoms with van der Waals surface area (Å²) in [4.78, 5) is 2.60. The van der Waals surface area contributed by atoms with E-state index in [-0.39, 0.29) is 5.54 Å². The Balaban J connectivity index is 2.39. The second-order valence-electron chi connectivity index (χ2n) is 6.15. The Labute approximate surface area is 95.4 Å². The molecule has 15 heavy (non-hydrogen) atoms. The van der Waals surface area contributed by atoms with Crippen LogP contribution < -0.4 is 5.32 Å². The van der Waals surface area contributed by atoms with Crippen LogP contribution in [-0.2, 0) is 0 Å². The molecule has 1 N–H and O–H groups in total. The fourth-order valence-electron chi connectivity index (χ4n) is 2.39. The lowest BCUT2D eigenvalue weighted by atomic mass is 10.0. The van der Waals surface area contributed by atoms with Crippen LogP contribution in [0.25, 0.3) is 0 Å². The van der Waals surface area contributed by atoms with Gasteiger partial charge in [-0.2, -0.15) is 0 Å². The lowest BCUT2D eigenvalue weighted by Crippen LogP contribution is -2.44. The van der Waals surface area contributed by atoms with Crippen molar-refractivity contribution >= 4 is 0 Å². The van der Waals surface area contributed by atoms with Gasteiger partial charge in [0.15, 0.2) is 0 Å². The van der Waals surface area contributed by atoms with Crippen molar-refractivity contribution in [2.45, 2.75) is 71.5 Å². The molecule has 0 aromatic carbocycles. The zero-order chi connectivity index (χ0) is 11.5. The van der Waals surface area contributed by atoms with Crippen molar-refractivity contribution < 1.29 is 0 Å². The fraction of sp³-hybridized carbons (Fsp3) is 1.00. The van der Waals surface area contributed by atoms with Crippen molar-refractivity contribution in [1.82, 2.24) is 10.2 Å². The topological polar surface area (TPSA) is 15.3 Å². The molecule has 1 saturated heterocycles. The molecule has 1 aliphatic rings. The van der Waals surface area contributed by atoms with E-state index < -0.39 is 0 Å². The summed E-state index contributed by atoms with van der Waals surface area (Å²) >= 11 is 0. The third kappa shape index (κ3) is 4.98. The Morgan fingerprint density at radius 3 is 2.33 bits per heavy atom. The Hall–Kier alpha value is -0.0800. The van der Waals surface area contributed by atoms with Crippen LogP contribution in [0.3, 0.4) is 0 Å². The van der Waals surface area contributed by atoms with Crippen LogP contribution in [0.5, 0.6) is 0 Å². The highest BCUT2D eigenvalue weighted by Crippen LogP contribution is 2.15. The van der Waals surface area contributed by atoms with Crippen molar-refractivity contribution in [2.75, 3.05) is 13.1 Å². The molecule has 0 spiro atoms. The van der Waals surface area contributed by atoms with Crippen molar-refractivity contribution in [3.8, 4) is 0 Å². The molecule has 0 aromatic rings. The molecule has 2 nitrogen and oxygen atoms in total. The molecule has 1 fully saturated rings. The summed E-state index contributed by atoms with van der Waals surface area (Å²) in [5, 5.41) is 3.73. The average Bonchev–Trinajstić information content (AvgIpc) is 2.26. The minimum Gasteiger partial charge on any atom is -0.309 e. The van der Waals surface area contributed by atoms with Crippen LogP contribution in [0.2, 0.25) is 0 Å². The third-order valence-corrected chi connectivity index (χ3v) is 3.13. The van der Waals surface area contributed by atoms with E-state index in [0.29, 0.717) is 12.1 Å². The van der Waals surface area contributed by atoms with Crippen LogP contribution in [0.1, 0.15) is 53.9 Å². The molecule has 0 bridgehead atoms. The Kier molecular flexibility index (Phi) is 4.60. The molecule has 0 aliphatic carbocycles. The minimum atomic E-state index is 0.262. The lowest BCUT2D eigenvalue weighted by Gasteiger charge is -2.28. The quantitative estimate of drug-likeness (QED) is 0.757. The maximum absolute atomic E-state index is 3.73. The van der Waals surface area contributed by atoms with E-state index in [9.17, 15) is 0 Å². The van der Waals surface area contributed by atoms with Gasteiger partial charge in [-0.3, -0.25) is 0 Å². The molecule has 1 rings (SSSR count). The summed E-state index contributed by atoms with van der Waals surface area (Å²) in [6.07, 6.45) is 3.97. The van der Waals surface area contributed by atoms with Crippen molar-refractivity contribution in [2.24, 2.45) is 0 Å². The molecule has 1 unspecified atom stereocenters. The predicted molar refractivity (Wildman–Crippen MR) is 67.2 cm³/mol. The van der Waals surface area contributed by atoms with Crippen molar-refractivity contribution in [3.63, 3.8) is 0 Å². The Morgan fingerprint density at radius 1 is 1.13 bits per heavy atom. The van der Waals surface area contributed by atoms with Gasteiger partial charge in [0.1, 0.15) is 0 Å². The highest BCUT2D eigenvalue weighted by molar-refractivity contribution is 4.82. The molecule has 0 saturated carbocycles. The van der Waals surface area contributed by atoms with Gasteiger partial charge in [0.05, 0.1) is 0 Å². The first-order valence-electron chi connectivity index (χ1n) is 6.40. The average molecular weight is 212 g/mol. The molecule has 1 atom stereocenters. The normalized spacial score (nSPS) is 25.6. The van der Waals surface area contributed by atoms with E-state index in [1.54, 1.807) is 0 Å². The molecular formula is C13H28N2. The number of hydrogen-bond donors (Lipinski definition) is 1. The second-order valence-corrected chi connectivity index (χ2v) is 6.15. The summed E-state index contributed by atoms with van der Waals surface area (Å²) in [5.41, 5.74) is 0.262. The van der Waals surface area contributed by atoms with Gasteiger partial charge >= 0.3 is 0 Å². The molecule has 0 aromatic heterocycles. The second kappa shape index (κ2) is 5.31. The van der Waals surface area contributed by atoms with Gasteiger partial charge in [0.2, 0.25) is 0 Å². The largest absolute Gasteiger partial charge is 0.309 e. The Morgan fingerprint density at radius 2 is 1.80 bits per heavy atom. The van der Waals surface area contributed by atoms with Crippen LogP contribution in [0, 0.1) is 0 Å². The maximum atomic E-state index is 3.73. The molecule has 1 aliphatic heterocycles. The molecule has 1 heterocycles. The van der Waals surface area contributed by atoms with Gasteiger partial charge in [-0.15, -0.1) is 0 Å². The number of likely N-dealkylation sites (tertiary alicyclic amines) is 1. The van der Waals surface area contributed by atoms with Crippen LogP contribution in [-0.4, -0.2) is 35.6 Å². The summed E-state index contributed by atoms with van der Waals surface area (Å²) < 4.78 is 0. The predicted octanol–water partition coefficient (Wildman–Crippen LogP) is 2.64. The van der Waals surface area contributed by atoms with Crippen LogP contribution in [0.15, 0.2) is 0 Å². The van der Waals surface area contributed by atoms with Gasteiger partial charge in [-0.25, -0.2) is 0 Å². The summed E-state index contributed by atoms with van der Waals surface area (Å²) in [6.45, 7) is 13.9. The SMILES string of the molecule is CC(C)N1CCCC(NC(C)(C)C)CC1. The standard InChI is InChI=1S/C13H28N2/c1-11(2)15-9-6-7-12(8-10-15)14-13(3,4)5/h11-12,14H,6-10H2,1-5H3. The van der Waals surface area contributed by atoms with Gasteiger partial charge in [-0.05, 0) is 67.0 Å². The van der Waals surface area contributed by atoms with Gasteiger partial charge in [-0.1, -0.05) is 0 Å². The molecule has 2 heteroatoms. The van der Waals surface area contributed by atoms with Crippen molar-refractivity contribution in [1.29, 1.82) is 0 Å². The first kappa shape index (κ1) is 13.0. The van der Waals surface area contributed by atoms with Crippen molar-refractivity contribution in [3.05, 3.63) is 0 Å². The van der Waals surface area contributed by atoms with E-state index in [1.165, 1.54) is 32.4 Å². The summed E-state index contributed by atoms with van der Waals surface area (Å²) in [7, 11) is 0. The minimum absolute atomic E-state index is 0.262. The first-order valence-corrected chi connectivity index (χ1v) is 6.40. The van der Waals surface area contributed by atoms with Gasteiger partial charge < -0.3 is 10.2 Å². The highest BCUT2D eigenvalue weighted by Gasteiger charge is 2.21. The van der Waals surface area contributed by atoms with E-state index in [0.717, 1.165) is 0 Å². The van der Waals surface area contributed by atoms with Gasteiger partial charge in [0, 0.05) is 17.6 Å². The smallest absolute Gasteiger partial charge is 0.00991 e. The van der Waals surface area contributed by atoms with E-state index >= 15 is 0 Å². The fourth-order valence-corrected chi connectivity index (χ4v) is 2.39. The molecule has 90 valence electrons. The summed E-state index contributed by atoms with van der Waals surface area (Å²) in [6, 6.07) is 1.42. The molecule has 0 radical (unpaired) electrons. The number of rotatable bonds is 2. The number of hydrogen-bond acceptors (Lipinski definition) is 2. The molecule has 0 amide bonds.